The highest BCUT2D eigenvalue weighted by molar-refractivity contribution is 7.14. The Morgan fingerprint density at radius 2 is 2.12 bits per heavy atom. The third kappa shape index (κ3) is 2.81. The first-order valence-electron chi connectivity index (χ1n) is 5.51. The zero-order valence-electron chi connectivity index (χ0n) is 9.72. The van der Waals surface area contributed by atoms with Crippen molar-refractivity contribution in [3.8, 4) is 16.3 Å². The topological polar surface area (TPSA) is 61.0 Å². The van der Waals surface area contributed by atoms with E-state index in [9.17, 15) is 0 Å². The second kappa shape index (κ2) is 5.75. The van der Waals surface area contributed by atoms with Gasteiger partial charge in [0.15, 0.2) is 5.01 Å². The van der Waals surface area contributed by atoms with Crippen LogP contribution in [0.25, 0.3) is 10.6 Å². The molecule has 0 atom stereocenters. The van der Waals surface area contributed by atoms with Crippen LogP contribution in [0.3, 0.4) is 0 Å². The van der Waals surface area contributed by atoms with Crippen LogP contribution in [-0.2, 0) is 6.42 Å². The van der Waals surface area contributed by atoms with Crippen molar-refractivity contribution in [2.75, 3.05) is 13.7 Å². The number of hydrogen-bond donors (Lipinski definition) is 1. The molecule has 0 fully saturated rings. The zero-order valence-corrected chi connectivity index (χ0v) is 10.5. The molecule has 0 saturated heterocycles. The average molecular weight is 249 g/mol. The van der Waals surface area contributed by atoms with Crippen molar-refractivity contribution < 1.29 is 4.74 Å². The highest BCUT2D eigenvalue weighted by atomic mass is 32.1. The van der Waals surface area contributed by atoms with Gasteiger partial charge < -0.3 is 10.5 Å². The van der Waals surface area contributed by atoms with Crippen molar-refractivity contribution in [1.29, 1.82) is 0 Å². The minimum Gasteiger partial charge on any atom is -0.496 e. The van der Waals surface area contributed by atoms with Gasteiger partial charge in [0.25, 0.3) is 0 Å². The second-order valence-electron chi connectivity index (χ2n) is 3.59. The molecule has 0 bridgehead atoms. The van der Waals surface area contributed by atoms with E-state index in [1.54, 1.807) is 18.4 Å². The van der Waals surface area contributed by atoms with E-state index in [4.69, 9.17) is 10.5 Å². The fourth-order valence-corrected chi connectivity index (χ4v) is 2.45. The van der Waals surface area contributed by atoms with E-state index in [0.717, 1.165) is 34.2 Å². The van der Waals surface area contributed by atoms with Gasteiger partial charge in [-0.15, -0.1) is 10.2 Å². The smallest absolute Gasteiger partial charge is 0.151 e. The summed E-state index contributed by atoms with van der Waals surface area (Å²) >= 11 is 1.60. The SMILES string of the molecule is COc1ccccc1-c1nnc(CCCN)s1. The first kappa shape index (κ1) is 12.0. The Balaban J connectivity index is 2.24. The molecule has 0 aliphatic rings. The molecule has 0 aliphatic heterocycles. The van der Waals surface area contributed by atoms with E-state index in [-0.39, 0.29) is 0 Å². The summed E-state index contributed by atoms with van der Waals surface area (Å²) in [4.78, 5) is 0. The summed E-state index contributed by atoms with van der Waals surface area (Å²) in [5.41, 5.74) is 6.47. The minimum atomic E-state index is 0.684. The molecule has 17 heavy (non-hydrogen) atoms. The van der Waals surface area contributed by atoms with Gasteiger partial charge in [-0.25, -0.2) is 0 Å². The maximum absolute atomic E-state index is 5.48. The van der Waals surface area contributed by atoms with Gasteiger partial charge in [0.1, 0.15) is 10.8 Å². The molecule has 2 rings (SSSR count). The van der Waals surface area contributed by atoms with E-state index in [1.165, 1.54) is 0 Å². The monoisotopic (exact) mass is 249 g/mol. The molecule has 1 aromatic carbocycles. The first-order chi connectivity index (χ1) is 8.35. The number of aromatic nitrogens is 2. The molecular weight excluding hydrogens is 234 g/mol. The minimum absolute atomic E-state index is 0.684. The van der Waals surface area contributed by atoms with Crippen LogP contribution in [0, 0.1) is 0 Å². The maximum Gasteiger partial charge on any atom is 0.151 e. The molecule has 2 aromatic rings. The third-order valence-electron chi connectivity index (χ3n) is 2.40. The van der Waals surface area contributed by atoms with Gasteiger partial charge in [-0.05, 0) is 25.1 Å². The van der Waals surface area contributed by atoms with E-state index in [2.05, 4.69) is 10.2 Å². The van der Waals surface area contributed by atoms with E-state index in [1.807, 2.05) is 24.3 Å². The summed E-state index contributed by atoms with van der Waals surface area (Å²) in [6.45, 7) is 0.684. The number of nitrogens with two attached hydrogens (primary N) is 1. The van der Waals surface area contributed by atoms with Crippen LogP contribution in [0.1, 0.15) is 11.4 Å². The van der Waals surface area contributed by atoms with Gasteiger partial charge in [0, 0.05) is 6.42 Å². The molecule has 0 amide bonds. The predicted molar refractivity (Wildman–Crippen MR) is 69.3 cm³/mol. The van der Waals surface area contributed by atoms with Crippen LogP contribution in [-0.4, -0.2) is 23.9 Å². The maximum atomic E-state index is 5.48. The van der Waals surface area contributed by atoms with Gasteiger partial charge in [-0.2, -0.15) is 0 Å². The Bertz CT molecular complexity index is 484. The first-order valence-corrected chi connectivity index (χ1v) is 6.32. The lowest BCUT2D eigenvalue weighted by atomic mass is 10.2. The largest absolute Gasteiger partial charge is 0.496 e. The lowest BCUT2D eigenvalue weighted by molar-refractivity contribution is 0.416. The molecule has 1 heterocycles. The molecule has 5 heteroatoms. The summed E-state index contributed by atoms with van der Waals surface area (Å²) in [7, 11) is 1.66. The summed E-state index contributed by atoms with van der Waals surface area (Å²) in [6.07, 6.45) is 1.84. The van der Waals surface area contributed by atoms with Crippen LogP contribution in [0.2, 0.25) is 0 Å². The van der Waals surface area contributed by atoms with E-state index >= 15 is 0 Å². The predicted octanol–water partition coefficient (Wildman–Crippen LogP) is 2.10. The molecule has 4 nitrogen and oxygen atoms in total. The Labute approximate surface area is 104 Å². The lowest BCUT2D eigenvalue weighted by Gasteiger charge is -2.03. The van der Waals surface area contributed by atoms with Crippen molar-refractivity contribution in [3.05, 3.63) is 29.3 Å². The Kier molecular flexibility index (Phi) is 4.06. The number of ether oxygens (including phenoxy) is 1. The summed E-state index contributed by atoms with van der Waals surface area (Å²) in [5, 5.41) is 10.3. The van der Waals surface area contributed by atoms with Crippen LogP contribution in [0.5, 0.6) is 5.75 Å². The van der Waals surface area contributed by atoms with Crippen LogP contribution < -0.4 is 10.5 Å². The quantitative estimate of drug-likeness (QED) is 0.881. The summed E-state index contributed by atoms with van der Waals surface area (Å²) in [6, 6.07) is 7.83. The highest BCUT2D eigenvalue weighted by Crippen LogP contribution is 2.31. The third-order valence-corrected chi connectivity index (χ3v) is 3.42. The van der Waals surface area contributed by atoms with Gasteiger partial charge in [0.05, 0.1) is 12.7 Å². The van der Waals surface area contributed by atoms with E-state index in [0.29, 0.717) is 6.54 Å². The number of rotatable bonds is 5. The molecule has 0 aliphatic carbocycles. The zero-order chi connectivity index (χ0) is 12.1. The normalized spacial score (nSPS) is 10.5. The van der Waals surface area contributed by atoms with Crippen molar-refractivity contribution in [2.24, 2.45) is 5.73 Å². The second-order valence-corrected chi connectivity index (χ2v) is 4.66. The molecule has 0 saturated carbocycles. The van der Waals surface area contributed by atoms with Crippen LogP contribution >= 0.6 is 11.3 Å². The number of aryl methyl sites for hydroxylation is 1. The number of methoxy groups -OCH3 is 1. The van der Waals surface area contributed by atoms with Gasteiger partial charge >= 0.3 is 0 Å². The van der Waals surface area contributed by atoms with Gasteiger partial charge in [-0.1, -0.05) is 23.5 Å². The standard InChI is InChI=1S/C12H15N3OS/c1-16-10-6-3-2-5-9(10)12-15-14-11(17-12)7-4-8-13/h2-3,5-6H,4,7-8,13H2,1H3. The molecule has 0 radical (unpaired) electrons. The average Bonchev–Trinajstić information content (AvgIpc) is 2.85. The van der Waals surface area contributed by atoms with Crippen molar-refractivity contribution >= 4 is 11.3 Å². The van der Waals surface area contributed by atoms with Crippen LogP contribution in [0.4, 0.5) is 0 Å². The number of nitrogens with zero attached hydrogens (tertiary/aromatic N) is 2. The fourth-order valence-electron chi connectivity index (χ4n) is 1.54. The van der Waals surface area contributed by atoms with Gasteiger partial charge in [-0.3, -0.25) is 0 Å². The van der Waals surface area contributed by atoms with Crippen molar-refractivity contribution in [2.45, 2.75) is 12.8 Å². The molecule has 2 N–H and O–H groups in total. The Hall–Kier alpha value is -1.46. The fraction of sp³-hybridized carbons (Fsp3) is 0.333. The van der Waals surface area contributed by atoms with Crippen LogP contribution in [0.15, 0.2) is 24.3 Å². The number of benzene rings is 1. The molecule has 90 valence electrons. The van der Waals surface area contributed by atoms with E-state index < -0.39 is 0 Å². The molecular formula is C12H15N3OS. The molecule has 0 spiro atoms. The lowest BCUT2D eigenvalue weighted by Crippen LogP contribution is -1.99. The molecule has 1 aromatic heterocycles. The Morgan fingerprint density at radius 1 is 1.29 bits per heavy atom. The number of para-hydroxylation sites is 1. The van der Waals surface area contributed by atoms with Gasteiger partial charge in [0.2, 0.25) is 0 Å². The summed E-state index contributed by atoms with van der Waals surface area (Å²) in [5.74, 6) is 0.828. The highest BCUT2D eigenvalue weighted by Gasteiger charge is 2.10. The Morgan fingerprint density at radius 3 is 2.88 bits per heavy atom. The summed E-state index contributed by atoms with van der Waals surface area (Å²) < 4.78 is 5.31. The number of hydrogen-bond acceptors (Lipinski definition) is 5. The van der Waals surface area contributed by atoms with Crippen molar-refractivity contribution in [3.63, 3.8) is 0 Å². The van der Waals surface area contributed by atoms with Crippen molar-refractivity contribution in [1.82, 2.24) is 10.2 Å². The molecule has 0 unspecified atom stereocenters.